The Morgan fingerprint density at radius 2 is 1.96 bits per heavy atom. The van der Waals surface area contributed by atoms with E-state index in [-0.39, 0.29) is 28.8 Å². The topological polar surface area (TPSA) is 56.4 Å². The molecule has 4 heterocycles. The van der Waals surface area contributed by atoms with Gasteiger partial charge >= 0.3 is 0 Å². The van der Waals surface area contributed by atoms with Crippen molar-refractivity contribution < 1.29 is 9.18 Å². The number of nitrogens with zero attached hydrogens (tertiary/aromatic N) is 2. The van der Waals surface area contributed by atoms with Gasteiger partial charge in [-0.05, 0) is 43.4 Å². The predicted molar refractivity (Wildman–Crippen MR) is 101 cm³/mol. The minimum absolute atomic E-state index is 0.109. The highest BCUT2D eigenvalue weighted by Gasteiger charge is 2.37. The van der Waals surface area contributed by atoms with Gasteiger partial charge in [-0.2, -0.15) is 0 Å². The van der Waals surface area contributed by atoms with Crippen molar-refractivity contribution in [3.63, 3.8) is 0 Å². The van der Waals surface area contributed by atoms with E-state index in [1.807, 2.05) is 17.0 Å². The van der Waals surface area contributed by atoms with E-state index in [2.05, 4.69) is 9.88 Å². The Hall–Kier alpha value is -2.47. The molecule has 3 aliphatic rings. The van der Waals surface area contributed by atoms with Crippen molar-refractivity contribution in [1.82, 2.24) is 14.8 Å². The fraction of sp³-hybridized carbons (Fsp3) is 0.429. The van der Waals surface area contributed by atoms with Crippen LogP contribution in [0.4, 0.5) is 4.39 Å². The molecule has 2 aromatic rings. The number of piperidine rings is 1. The number of pyridine rings is 1. The number of rotatable bonds is 3. The quantitative estimate of drug-likeness (QED) is 0.905. The number of aromatic nitrogens is 1. The number of carbonyl (C=O) groups excluding carboxylic acids is 1. The third-order valence-electron chi connectivity index (χ3n) is 5.66. The number of aryl methyl sites for hydroxylation is 1. The van der Waals surface area contributed by atoms with Crippen molar-refractivity contribution in [3.05, 3.63) is 69.4 Å². The van der Waals surface area contributed by atoms with Gasteiger partial charge in [0.1, 0.15) is 11.4 Å². The molecule has 2 atom stereocenters. The lowest BCUT2D eigenvalue weighted by Gasteiger charge is -2.36. The standard InChI is InChI=1S/C21H24FN3O2/c1-14-8-20(26)19(9-23-14)21(27)25-12-16-4-7-18(25)13-24(11-16)10-15-2-5-17(22)6-3-15/h2-3,5-6,8-9,16,18H,4,7,10-13H2,1H3,(H,23,26)/t16-,18+/m0/s1. The first-order chi connectivity index (χ1) is 13.0. The van der Waals surface area contributed by atoms with Crippen molar-refractivity contribution in [3.8, 4) is 0 Å². The lowest BCUT2D eigenvalue weighted by atomic mass is 9.94. The molecule has 142 valence electrons. The Labute approximate surface area is 157 Å². The number of hydrogen-bond acceptors (Lipinski definition) is 3. The zero-order valence-electron chi connectivity index (χ0n) is 15.5. The van der Waals surface area contributed by atoms with Gasteiger partial charge in [-0.1, -0.05) is 12.1 Å². The van der Waals surface area contributed by atoms with Crippen LogP contribution in [0.2, 0.25) is 0 Å². The van der Waals surface area contributed by atoms with E-state index in [4.69, 9.17) is 0 Å². The molecule has 2 bridgehead atoms. The van der Waals surface area contributed by atoms with Crippen LogP contribution < -0.4 is 5.43 Å². The first-order valence-electron chi connectivity index (χ1n) is 9.46. The third-order valence-corrected chi connectivity index (χ3v) is 5.66. The van der Waals surface area contributed by atoms with Crippen molar-refractivity contribution in [1.29, 1.82) is 0 Å². The molecule has 0 aliphatic carbocycles. The molecule has 0 unspecified atom stereocenters. The summed E-state index contributed by atoms with van der Waals surface area (Å²) in [5, 5.41) is 0. The first kappa shape index (κ1) is 17.9. The molecule has 1 amide bonds. The van der Waals surface area contributed by atoms with E-state index in [1.165, 1.54) is 24.4 Å². The first-order valence-corrected chi connectivity index (χ1v) is 9.46. The summed E-state index contributed by atoms with van der Waals surface area (Å²) in [5.74, 6) is 0.00189. The van der Waals surface area contributed by atoms with Gasteiger partial charge in [0.05, 0.1) is 0 Å². The summed E-state index contributed by atoms with van der Waals surface area (Å²) < 4.78 is 13.1. The number of fused-ring (bicyclic) bond motifs is 4. The lowest BCUT2D eigenvalue weighted by Crippen LogP contribution is -2.48. The van der Waals surface area contributed by atoms with Gasteiger partial charge in [0.15, 0.2) is 5.43 Å². The van der Waals surface area contributed by atoms with Gasteiger partial charge in [0.2, 0.25) is 0 Å². The Morgan fingerprint density at radius 1 is 1.19 bits per heavy atom. The van der Waals surface area contributed by atoms with Crippen LogP contribution in [-0.2, 0) is 6.54 Å². The van der Waals surface area contributed by atoms with Crippen LogP contribution in [0.15, 0.2) is 41.3 Å². The second-order valence-corrected chi connectivity index (χ2v) is 7.77. The molecule has 27 heavy (non-hydrogen) atoms. The zero-order valence-corrected chi connectivity index (χ0v) is 15.5. The molecule has 6 heteroatoms. The molecule has 0 radical (unpaired) electrons. The van der Waals surface area contributed by atoms with Crippen LogP contribution in [0, 0.1) is 18.7 Å². The number of aromatic amines is 1. The van der Waals surface area contributed by atoms with Gasteiger partial charge in [-0.25, -0.2) is 4.39 Å². The summed E-state index contributed by atoms with van der Waals surface area (Å²) in [6.45, 7) is 4.94. The predicted octanol–water partition coefficient (Wildman–Crippen LogP) is 2.56. The van der Waals surface area contributed by atoms with Crippen molar-refractivity contribution in [2.24, 2.45) is 5.92 Å². The molecule has 3 fully saturated rings. The second kappa shape index (κ2) is 7.27. The molecule has 5 nitrogen and oxygen atoms in total. The number of benzene rings is 1. The zero-order chi connectivity index (χ0) is 19.0. The highest BCUT2D eigenvalue weighted by atomic mass is 19.1. The maximum absolute atomic E-state index is 13.1. The minimum atomic E-state index is -0.227. The Kier molecular flexibility index (Phi) is 4.83. The van der Waals surface area contributed by atoms with Crippen LogP contribution in [0.25, 0.3) is 0 Å². The Bertz CT molecular complexity index is 893. The number of amides is 1. The van der Waals surface area contributed by atoms with E-state index in [9.17, 15) is 14.0 Å². The maximum atomic E-state index is 13.1. The van der Waals surface area contributed by atoms with Crippen molar-refractivity contribution >= 4 is 5.91 Å². The maximum Gasteiger partial charge on any atom is 0.259 e. The lowest BCUT2D eigenvalue weighted by molar-refractivity contribution is 0.0583. The third kappa shape index (κ3) is 3.81. The molecule has 3 saturated heterocycles. The molecule has 5 rings (SSSR count). The molecule has 1 aromatic carbocycles. The molecule has 1 aromatic heterocycles. The van der Waals surface area contributed by atoms with Crippen molar-refractivity contribution in [2.45, 2.75) is 32.4 Å². The van der Waals surface area contributed by atoms with E-state index >= 15 is 0 Å². The fourth-order valence-corrected chi connectivity index (χ4v) is 4.30. The van der Waals surface area contributed by atoms with Crippen LogP contribution in [-0.4, -0.2) is 46.4 Å². The summed E-state index contributed by atoms with van der Waals surface area (Å²) >= 11 is 0. The minimum Gasteiger partial charge on any atom is -0.364 e. The Morgan fingerprint density at radius 3 is 2.70 bits per heavy atom. The largest absolute Gasteiger partial charge is 0.364 e. The second-order valence-electron chi connectivity index (χ2n) is 7.77. The average Bonchev–Trinajstić information content (AvgIpc) is 2.94. The van der Waals surface area contributed by atoms with Crippen LogP contribution in [0.5, 0.6) is 0 Å². The van der Waals surface area contributed by atoms with Gasteiger partial charge in [0, 0.05) is 50.2 Å². The van der Waals surface area contributed by atoms with E-state index in [0.717, 1.165) is 43.7 Å². The average molecular weight is 369 g/mol. The van der Waals surface area contributed by atoms with Crippen LogP contribution >= 0.6 is 0 Å². The summed E-state index contributed by atoms with van der Waals surface area (Å²) in [6.07, 6.45) is 3.59. The van der Waals surface area contributed by atoms with Gasteiger partial charge in [-0.15, -0.1) is 0 Å². The van der Waals surface area contributed by atoms with Gasteiger partial charge in [-0.3, -0.25) is 14.5 Å². The van der Waals surface area contributed by atoms with Crippen LogP contribution in [0.3, 0.4) is 0 Å². The SMILES string of the molecule is Cc1cc(=O)c(C(=O)N2C[C@H]3CC[C@@H]2CN(Cc2ccc(F)cc2)C3)c[nH]1. The highest BCUT2D eigenvalue weighted by molar-refractivity contribution is 5.94. The van der Waals surface area contributed by atoms with Crippen LogP contribution in [0.1, 0.15) is 34.5 Å². The molecular weight excluding hydrogens is 345 g/mol. The van der Waals surface area contributed by atoms with E-state index in [0.29, 0.717) is 12.5 Å². The molecule has 3 aliphatic heterocycles. The highest BCUT2D eigenvalue weighted by Crippen LogP contribution is 2.29. The number of hydrogen-bond donors (Lipinski definition) is 1. The summed E-state index contributed by atoms with van der Waals surface area (Å²) in [7, 11) is 0. The number of nitrogens with one attached hydrogen (secondary N) is 1. The summed E-state index contributed by atoms with van der Waals surface area (Å²) in [4.78, 5) is 32.5. The van der Waals surface area contributed by atoms with E-state index < -0.39 is 0 Å². The Balaban J connectivity index is 1.51. The summed E-state index contributed by atoms with van der Waals surface area (Å²) in [6, 6.07) is 8.19. The van der Waals surface area contributed by atoms with Gasteiger partial charge < -0.3 is 9.88 Å². The smallest absolute Gasteiger partial charge is 0.259 e. The van der Waals surface area contributed by atoms with Gasteiger partial charge in [0.25, 0.3) is 5.91 Å². The normalized spacial score (nSPS) is 22.7. The number of halogens is 1. The molecule has 1 N–H and O–H groups in total. The molecule has 0 saturated carbocycles. The fourth-order valence-electron chi connectivity index (χ4n) is 4.30. The number of carbonyl (C=O) groups is 1. The number of H-pyrrole nitrogens is 1. The molecule has 0 spiro atoms. The monoisotopic (exact) mass is 369 g/mol. The van der Waals surface area contributed by atoms with Crippen molar-refractivity contribution in [2.75, 3.05) is 19.6 Å². The van der Waals surface area contributed by atoms with E-state index in [1.54, 1.807) is 6.92 Å². The summed E-state index contributed by atoms with van der Waals surface area (Å²) in [5.41, 5.74) is 1.82. The molecular formula is C21H24FN3O2.